The molecule has 4 N–H and O–H groups in total. The van der Waals surface area contributed by atoms with Gasteiger partial charge in [0.25, 0.3) is 5.91 Å². The highest BCUT2D eigenvalue weighted by Gasteiger charge is 2.19. The van der Waals surface area contributed by atoms with Crippen LogP contribution < -0.4 is 16.4 Å². The van der Waals surface area contributed by atoms with Gasteiger partial charge in [0.05, 0.1) is 11.9 Å². The minimum absolute atomic E-state index is 0.272. The molecule has 2 aromatic heterocycles. The van der Waals surface area contributed by atoms with Crippen LogP contribution in [0.4, 0.5) is 5.82 Å². The quantitative estimate of drug-likeness (QED) is 0.440. The third-order valence-corrected chi connectivity index (χ3v) is 5.86. The second-order valence-electron chi connectivity index (χ2n) is 8.23. The van der Waals surface area contributed by atoms with E-state index in [0.29, 0.717) is 17.2 Å². The van der Waals surface area contributed by atoms with Gasteiger partial charge >= 0.3 is 0 Å². The number of nitrogens with two attached hydrogens (primary N) is 1. The van der Waals surface area contributed by atoms with Crippen molar-refractivity contribution < 1.29 is 4.79 Å². The molecule has 32 heavy (non-hydrogen) atoms. The summed E-state index contributed by atoms with van der Waals surface area (Å²) in [6, 6.07) is 19.0. The van der Waals surface area contributed by atoms with Crippen LogP contribution in [0.25, 0.3) is 16.9 Å². The molecule has 2 aromatic carbocycles. The summed E-state index contributed by atoms with van der Waals surface area (Å²) in [6.07, 6.45) is 6.40. The molecule has 7 heteroatoms. The van der Waals surface area contributed by atoms with Gasteiger partial charge in [0, 0.05) is 24.3 Å². The lowest BCUT2D eigenvalue weighted by atomic mass is 10.0. The van der Waals surface area contributed by atoms with E-state index in [9.17, 15) is 4.79 Å². The summed E-state index contributed by atoms with van der Waals surface area (Å²) < 4.78 is 1.74. The summed E-state index contributed by atoms with van der Waals surface area (Å²) in [5.41, 5.74) is 10.8. The van der Waals surface area contributed by atoms with E-state index in [1.165, 1.54) is 17.3 Å². The van der Waals surface area contributed by atoms with Gasteiger partial charge in [-0.2, -0.15) is 0 Å². The fraction of sp³-hybridized carbons (Fsp3) is 0.240. The van der Waals surface area contributed by atoms with Gasteiger partial charge in [-0.3, -0.25) is 9.20 Å². The van der Waals surface area contributed by atoms with E-state index in [-0.39, 0.29) is 6.04 Å². The maximum atomic E-state index is 12.0. The largest absolute Gasteiger partial charge is 0.364 e. The van der Waals surface area contributed by atoms with Gasteiger partial charge in [-0.1, -0.05) is 48.5 Å². The second kappa shape index (κ2) is 8.80. The molecular weight excluding hydrogens is 400 g/mol. The lowest BCUT2D eigenvalue weighted by molar-refractivity contribution is 0.0994. The zero-order valence-corrected chi connectivity index (χ0v) is 17.8. The van der Waals surface area contributed by atoms with E-state index in [4.69, 9.17) is 10.7 Å². The van der Waals surface area contributed by atoms with Crippen LogP contribution in [-0.4, -0.2) is 39.4 Å². The van der Waals surface area contributed by atoms with Gasteiger partial charge in [0.2, 0.25) is 0 Å². The zero-order valence-electron chi connectivity index (χ0n) is 17.8. The Bertz CT molecular complexity index is 1240. The number of hydrogen-bond donors (Lipinski definition) is 3. The molecule has 1 unspecified atom stereocenters. The Balaban J connectivity index is 1.51. The molecule has 1 aliphatic heterocycles. The van der Waals surface area contributed by atoms with Crippen LogP contribution in [-0.2, 0) is 6.42 Å². The third kappa shape index (κ3) is 4.20. The molecule has 4 aromatic rings. The van der Waals surface area contributed by atoms with Crippen LogP contribution in [0.1, 0.15) is 34.5 Å². The number of fused-ring (bicyclic) bond motifs is 1. The standard InChI is InChI=1S/C25H26N6O/c26-23(32)22-15-28-24(29-20-10-5-11-27-14-20)25-30-21(16-31(22)25)19-9-4-8-18(13-19)12-17-6-2-1-3-7-17/h1-4,6-9,13,15-16,20,27H,5,10-12,14H2,(H2,26,32)(H,28,29). The molecule has 1 saturated heterocycles. The number of anilines is 1. The summed E-state index contributed by atoms with van der Waals surface area (Å²) in [5.74, 6) is 0.130. The molecule has 7 nitrogen and oxygen atoms in total. The summed E-state index contributed by atoms with van der Waals surface area (Å²) >= 11 is 0. The smallest absolute Gasteiger partial charge is 0.267 e. The van der Waals surface area contributed by atoms with Crippen LogP contribution in [0.15, 0.2) is 67.0 Å². The Morgan fingerprint density at radius 2 is 2.00 bits per heavy atom. The van der Waals surface area contributed by atoms with E-state index in [1.54, 1.807) is 4.40 Å². The minimum atomic E-state index is -0.532. The van der Waals surface area contributed by atoms with Gasteiger partial charge in [0.1, 0.15) is 5.69 Å². The summed E-state index contributed by atoms with van der Waals surface area (Å²) in [7, 11) is 0. The summed E-state index contributed by atoms with van der Waals surface area (Å²) in [5, 5.41) is 6.89. The number of aromatic nitrogens is 3. The Morgan fingerprint density at radius 1 is 1.16 bits per heavy atom. The van der Waals surface area contributed by atoms with E-state index >= 15 is 0 Å². The van der Waals surface area contributed by atoms with Gasteiger partial charge in [-0.15, -0.1) is 0 Å². The molecule has 1 fully saturated rings. The SMILES string of the molecule is NC(=O)c1cnc(NC2CCCNC2)c2nc(-c3cccc(Cc4ccccc4)c3)cn12. The highest BCUT2D eigenvalue weighted by Crippen LogP contribution is 2.25. The van der Waals surface area contributed by atoms with E-state index in [0.717, 1.165) is 43.6 Å². The normalized spacial score (nSPS) is 16.2. The van der Waals surface area contributed by atoms with Crippen molar-refractivity contribution >= 4 is 17.4 Å². The van der Waals surface area contributed by atoms with Crippen molar-refractivity contribution in [3.8, 4) is 11.3 Å². The van der Waals surface area contributed by atoms with Crippen LogP contribution in [0.2, 0.25) is 0 Å². The van der Waals surface area contributed by atoms with Crippen LogP contribution >= 0.6 is 0 Å². The molecule has 162 valence electrons. The highest BCUT2D eigenvalue weighted by atomic mass is 16.1. The predicted molar refractivity (Wildman–Crippen MR) is 126 cm³/mol. The Morgan fingerprint density at radius 3 is 2.78 bits per heavy atom. The first-order valence-electron chi connectivity index (χ1n) is 11.0. The third-order valence-electron chi connectivity index (χ3n) is 5.86. The molecule has 1 amide bonds. The number of carbonyl (C=O) groups excluding carboxylic acids is 1. The van der Waals surface area contributed by atoms with E-state index < -0.39 is 5.91 Å². The number of piperidine rings is 1. The number of imidazole rings is 1. The first-order valence-corrected chi connectivity index (χ1v) is 11.0. The molecule has 0 aliphatic carbocycles. The van der Waals surface area contributed by atoms with E-state index in [2.05, 4.69) is 52.0 Å². The van der Waals surface area contributed by atoms with Crippen molar-refractivity contribution in [1.82, 2.24) is 19.7 Å². The number of carbonyl (C=O) groups is 1. The Kier molecular flexibility index (Phi) is 5.56. The van der Waals surface area contributed by atoms with Gasteiger partial charge in [0.15, 0.2) is 11.5 Å². The van der Waals surface area contributed by atoms with Crippen LogP contribution in [0.5, 0.6) is 0 Å². The van der Waals surface area contributed by atoms with Gasteiger partial charge in [-0.05, 0) is 43.0 Å². The maximum absolute atomic E-state index is 12.0. The number of benzene rings is 2. The number of nitrogens with one attached hydrogen (secondary N) is 2. The van der Waals surface area contributed by atoms with Crippen molar-refractivity contribution in [2.45, 2.75) is 25.3 Å². The fourth-order valence-electron chi connectivity index (χ4n) is 4.24. The minimum Gasteiger partial charge on any atom is -0.364 e. The number of amides is 1. The zero-order chi connectivity index (χ0) is 21.9. The molecule has 1 atom stereocenters. The van der Waals surface area contributed by atoms with Gasteiger partial charge < -0.3 is 16.4 Å². The first-order chi connectivity index (χ1) is 15.7. The fourth-order valence-corrected chi connectivity index (χ4v) is 4.24. The number of hydrogen-bond acceptors (Lipinski definition) is 5. The lowest BCUT2D eigenvalue weighted by Gasteiger charge is -2.24. The number of rotatable bonds is 6. The molecule has 0 radical (unpaired) electrons. The molecule has 0 bridgehead atoms. The average molecular weight is 427 g/mol. The highest BCUT2D eigenvalue weighted by molar-refractivity contribution is 5.92. The average Bonchev–Trinajstić information content (AvgIpc) is 3.27. The van der Waals surface area contributed by atoms with Gasteiger partial charge in [-0.25, -0.2) is 9.97 Å². The van der Waals surface area contributed by atoms with Crippen molar-refractivity contribution in [2.75, 3.05) is 18.4 Å². The molecule has 1 aliphatic rings. The first kappa shape index (κ1) is 20.2. The van der Waals surface area contributed by atoms with Crippen molar-refractivity contribution in [1.29, 1.82) is 0 Å². The van der Waals surface area contributed by atoms with Crippen molar-refractivity contribution in [2.24, 2.45) is 5.73 Å². The van der Waals surface area contributed by atoms with E-state index in [1.807, 2.05) is 24.4 Å². The second-order valence-corrected chi connectivity index (χ2v) is 8.23. The van der Waals surface area contributed by atoms with Crippen molar-refractivity contribution in [3.05, 3.63) is 83.8 Å². The lowest BCUT2D eigenvalue weighted by Crippen LogP contribution is -2.38. The monoisotopic (exact) mass is 426 g/mol. The van der Waals surface area contributed by atoms with Crippen LogP contribution in [0, 0.1) is 0 Å². The predicted octanol–water partition coefficient (Wildman–Crippen LogP) is 3.25. The molecule has 0 saturated carbocycles. The molecule has 5 rings (SSSR count). The summed E-state index contributed by atoms with van der Waals surface area (Å²) in [6.45, 7) is 1.91. The molecule has 0 spiro atoms. The number of primary amides is 1. The maximum Gasteiger partial charge on any atom is 0.267 e. The number of nitrogens with zero attached hydrogens (tertiary/aromatic N) is 3. The summed E-state index contributed by atoms with van der Waals surface area (Å²) in [4.78, 5) is 21.4. The Hall–Kier alpha value is -3.71. The van der Waals surface area contributed by atoms with Crippen LogP contribution in [0.3, 0.4) is 0 Å². The molecule has 3 heterocycles. The Labute approximate surface area is 186 Å². The topological polar surface area (TPSA) is 97.3 Å². The van der Waals surface area contributed by atoms with Crippen molar-refractivity contribution in [3.63, 3.8) is 0 Å². The molecular formula is C25H26N6O.